The van der Waals surface area contributed by atoms with Crippen LogP contribution in [0, 0.1) is 18.7 Å². The van der Waals surface area contributed by atoms with Crippen molar-refractivity contribution < 1.29 is 8.78 Å². The van der Waals surface area contributed by atoms with E-state index in [9.17, 15) is 8.78 Å². The molecule has 2 heterocycles. The number of halogens is 2. The first kappa shape index (κ1) is 14.4. The fourth-order valence-corrected chi connectivity index (χ4v) is 2.59. The highest BCUT2D eigenvalue weighted by Gasteiger charge is 2.21. The van der Waals surface area contributed by atoms with Gasteiger partial charge in [0, 0.05) is 24.0 Å². The van der Waals surface area contributed by atoms with Crippen LogP contribution in [-0.4, -0.2) is 15.0 Å². The van der Waals surface area contributed by atoms with E-state index >= 15 is 0 Å². The van der Waals surface area contributed by atoms with Crippen molar-refractivity contribution in [3.8, 4) is 0 Å². The zero-order valence-electron chi connectivity index (χ0n) is 12.1. The van der Waals surface area contributed by atoms with Gasteiger partial charge in [-0.05, 0) is 42.2 Å². The minimum atomic E-state index is -0.537. The lowest BCUT2D eigenvalue weighted by atomic mass is 9.88. The van der Waals surface area contributed by atoms with Crippen LogP contribution >= 0.6 is 0 Å². The number of nitrogens with zero attached hydrogens (tertiary/aromatic N) is 2. The lowest BCUT2D eigenvalue weighted by molar-refractivity contribution is 0.574. The number of aromatic nitrogens is 3. The minimum absolute atomic E-state index is 0.239. The highest BCUT2D eigenvalue weighted by molar-refractivity contribution is 5.34. The maximum Gasteiger partial charge on any atom is 0.213 e. The first-order chi connectivity index (χ1) is 10.6. The Labute approximate surface area is 127 Å². The van der Waals surface area contributed by atoms with Gasteiger partial charge in [0.15, 0.2) is 0 Å². The van der Waals surface area contributed by atoms with Gasteiger partial charge >= 0.3 is 0 Å². The van der Waals surface area contributed by atoms with Gasteiger partial charge in [-0.1, -0.05) is 18.2 Å². The maximum atomic E-state index is 14.5. The molecule has 1 atom stereocenters. The molecule has 0 bridgehead atoms. The van der Waals surface area contributed by atoms with E-state index in [-0.39, 0.29) is 11.7 Å². The van der Waals surface area contributed by atoms with Gasteiger partial charge in [0.25, 0.3) is 0 Å². The summed E-state index contributed by atoms with van der Waals surface area (Å²) in [5, 5.41) is 0. The molecular formula is C17H15F2N3. The minimum Gasteiger partial charge on any atom is -0.348 e. The largest absolute Gasteiger partial charge is 0.348 e. The van der Waals surface area contributed by atoms with E-state index in [0.29, 0.717) is 17.5 Å². The Morgan fingerprint density at radius 3 is 2.82 bits per heavy atom. The number of rotatable bonds is 4. The van der Waals surface area contributed by atoms with E-state index in [2.05, 4.69) is 15.0 Å². The smallest absolute Gasteiger partial charge is 0.213 e. The molecule has 5 heteroatoms. The fourth-order valence-electron chi connectivity index (χ4n) is 2.59. The summed E-state index contributed by atoms with van der Waals surface area (Å²) >= 11 is 0. The number of pyridine rings is 1. The monoisotopic (exact) mass is 299 g/mol. The molecule has 2 aromatic heterocycles. The maximum absolute atomic E-state index is 14.5. The fraction of sp³-hybridized carbons (Fsp3) is 0.176. The van der Waals surface area contributed by atoms with Gasteiger partial charge in [-0.3, -0.25) is 0 Å². The van der Waals surface area contributed by atoms with Gasteiger partial charge in [0.1, 0.15) is 5.82 Å². The Morgan fingerprint density at radius 2 is 2.09 bits per heavy atom. The summed E-state index contributed by atoms with van der Waals surface area (Å²) in [4.78, 5) is 10.6. The van der Waals surface area contributed by atoms with E-state index in [4.69, 9.17) is 0 Å². The number of H-pyrrole nitrogens is 1. The van der Waals surface area contributed by atoms with Crippen LogP contribution in [0.2, 0.25) is 0 Å². The van der Waals surface area contributed by atoms with Gasteiger partial charge in [-0.2, -0.15) is 4.39 Å². The SMILES string of the molecule is Cc1cccc(C(Cc2ccnc(F)c2)c2cnc[nH]2)c1F. The summed E-state index contributed by atoms with van der Waals surface area (Å²) in [5.41, 5.74) is 2.71. The predicted octanol–water partition coefficient (Wildman–Crippen LogP) is 3.77. The molecule has 0 amide bonds. The number of aryl methyl sites for hydroxylation is 1. The number of imidazole rings is 1. The molecule has 1 aromatic carbocycles. The standard InChI is InChI=1S/C17H15F2N3/c1-11-3-2-4-13(17(11)19)14(15-9-20-10-22-15)7-12-5-6-21-16(18)8-12/h2-6,8-10,14H,7H2,1H3,(H,20,22). The van der Waals surface area contributed by atoms with Crippen LogP contribution in [0.4, 0.5) is 8.78 Å². The van der Waals surface area contributed by atoms with Crippen molar-refractivity contribution in [1.29, 1.82) is 0 Å². The lowest BCUT2D eigenvalue weighted by Crippen LogP contribution is -2.09. The van der Waals surface area contributed by atoms with Gasteiger partial charge in [-0.15, -0.1) is 0 Å². The summed E-state index contributed by atoms with van der Waals surface area (Å²) < 4.78 is 27.8. The van der Waals surface area contributed by atoms with Crippen LogP contribution in [0.3, 0.4) is 0 Å². The van der Waals surface area contributed by atoms with E-state index < -0.39 is 5.95 Å². The molecule has 0 radical (unpaired) electrons. The van der Waals surface area contributed by atoms with Crippen molar-refractivity contribution in [3.63, 3.8) is 0 Å². The molecule has 0 spiro atoms. The highest BCUT2D eigenvalue weighted by atomic mass is 19.1. The Hall–Kier alpha value is -2.56. The third-order valence-electron chi connectivity index (χ3n) is 3.72. The van der Waals surface area contributed by atoms with Crippen molar-refractivity contribution in [2.24, 2.45) is 0 Å². The van der Waals surface area contributed by atoms with Crippen molar-refractivity contribution in [2.45, 2.75) is 19.3 Å². The summed E-state index contributed by atoms with van der Waals surface area (Å²) in [7, 11) is 0. The summed E-state index contributed by atoms with van der Waals surface area (Å²) in [5.74, 6) is -1.04. The van der Waals surface area contributed by atoms with Gasteiger partial charge in [0.2, 0.25) is 5.95 Å². The van der Waals surface area contributed by atoms with E-state index in [1.165, 1.54) is 12.3 Å². The average Bonchev–Trinajstić information content (AvgIpc) is 3.02. The summed E-state index contributed by atoms with van der Waals surface area (Å²) in [6.45, 7) is 1.73. The Morgan fingerprint density at radius 1 is 1.23 bits per heavy atom. The average molecular weight is 299 g/mol. The normalized spacial score (nSPS) is 12.3. The van der Waals surface area contributed by atoms with Crippen LogP contribution in [0.5, 0.6) is 0 Å². The third kappa shape index (κ3) is 2.88. The molecule has 0 aliphatic carbocycles. The van der Waals surface area contributed by atoms with E-state index in [1.54, 1.807) is 37.6 Å². The van der Waals surface area contributed by atoms with Crippen molar-refractivity contribution in [2.75, 3.05) is 0 Å². The number of benzene rings is 1. The first-order valence-corrected chi connectivity index (χ1v) is 6.99. The molecule has 3 aromatic rings. The molecule has 22 heavy (non-hydrogen) atoms. The molecule has 0 saturated heterocycles. The highest BCUT2D eigenvalue weighted by Crippen LogP contribution is 2.30. The third-order valence-corrected chi connectivity index (χ3v) is 3.72. The molecule has 1 unspecified atom stereocenters. The number of aromatic amines is 1. The molecular weight excluding hydrogens is 284 g/mol. The van der Waals surface area contributed by atoms with Crippen LogP contribution in [0.1, 0.15) is 28.3 Å². The molecule has 0 aliphatic heterocycles. The molecule has 3 nitrogen and oxygen atoms in total. The van der Waals surface area contributed by atoms with E-state index in [1.807, 2.05) is 6.07 Å². The summed E-state index contributed by atoms with van der Waals surface area (Å²) in [6.07, 6.45) is 5.11. The Kier molecular flexibility index (Phi) is 3.96. The second-order valence-corrected chi connectivity index (χ2v) is 5.23. The zero-order valence-corrected chi connectivity index (χ0v) is 12.1. The molecule has 3 rings (SSSR count). The lowest BCUT2D eigenvalue weighted by Gasteiger charge is -2.18. The van der Waals surface area contributed by atoms with Crippen LogP contribution in [0.25, 0.3) is 0 Å². The number of hydrogen-bond acceptors (Lipinski definition) is 2. The van der Waals surface area contributed by atoms with Crippen LogP contribution in [-0.2, 0) is 6.42 Å². The van der Waals surface area contributed by atoms with Gasteiger partial charge in [0.05, 0.1) is 6.33 Å². The zero-order chi connectivity index (χ0) is 15.5. The Bertz CT molecular complexity index is 769. The second kappa shape index (κ2) is 6.05. The first-order valence-electron chi connectivity index (χ1n) is 6.99. The molecule has 1 N–H and O–H groups in total. The van der Waals surface area contributed by atoms with Crippen molar-refractivity contribution >= 4 is 0 Å². The molecule has 0 fully saturated rings. The number of hydrogen-bond donors (Lipinski definition) is 1. The Balaban J connectivity index is 2.03. The molecule has 0 saturated carbocycles. The quantitative estimate of drug-likeness (QED) is 0.745. The van der Waals surface area contributed by atoms with Crippen molar-refractivity contribution in [1.82, 2.24) is 15.0 Å². The topological polar surface area (TPSA) is 41.6 Å². The van der Waals surface area contributed by atoms with Crippen LogP contribution in [0.15, 0.2) is 49.1 Å². The van der Waals surface area contributed by atoms with Crippen LogP contribution < -0.4 is 0 Å². The summed E-state index contributed by atoms with van der Waals surface area (Å²) in [6, 6.07) is 8.42. The van der Waals surface area contributed by atoms with E-state index in [0.717, 1.165) is 11.3 Å². The predicted molar refractivity (Wildman–Crippen MR) is 79.5 cm³/mol. The second-order valence-electron chi connectivity index (χ2n) is 5.23. The molecule has 0 aliphatic rings. The van der Waals surface area contributed by atoms with Gasteiger partial charge in [-0.25, -0.2) is 14.4 Å². The molecule has 112 valence electrons. The van der Waals surface area contributed by atoms with Gasteiger partial charge < -0.3 is 4.98 Å². The van der Waals surface area contributed by atoms with Crippen molar-refractivity contribution in [3.05, 3.63) is 83.2 Å². The number of nitrogens with one attached hydrogen (secondary N) is 1.